The van der Waals surface area contributed by atoms with E-state index in [-0.39, 0.29) is 11.3 Å². The van der Waals surface area contributed by atoms with Crippen molar-refractivity contribution in [2.75, 3.05) is 5.32 Å². The second-order valence-electron chi connectivity index (χ2n) is 3.82. The van der Waals surface area contributed by atoms with Crippen LogP contribution in [0.4, 0.5) is 5.69 Å². The van der Waals surface area contributed by atoms with Crippen LogP contribution < -0.4 is 5.32 Å². The van der Waals surface area contributed by atoms with Crippen LogP contribution in [-0.4, -0.2) is 17.0 Å². The number of amides is 1. The molecule has 2 rings (SSSR count). The fourth-order valence-electron chi connectivity index (χ4n) is 1.53. The molecule has 0 bridgehead atoms. The number of thiophene rings is 1. The average molecular weight is 308 g/mol. The third-order valence-electron chi connectivity index (χ3n) is 2.41. The average Bonchev–Trinajstić information content (AvgIpc) is 2.83. The Morgan fingerprint density at radius 2 is 1.95 bits per heavy atom. The largest absolute Gasteiger partial charge is 0.478 e. The predicted molar refractivity (Wildman–Crippen MR) is 80.4 cm³/mol. The van der Waals surface area contributed by atoms with Gasteiger partial charge in [-0.3, -0.25) is 4.79 Å². The first-order chi connectivity index (χ1) is 9.56. The molecule has 0 fully saturated rings. The SMILES string of the molecule is O=C(/C=C/c1ccc(Cl)s1)Nc1ccccc1C(=O)O. The second-order valence-corrected chi connectivity index (χ2v) is 5.56. The molecular weight excluding hydrogens is 298 g/mol. The summed E-state index contributed by atoms with van der Waals surface area (Å²) in [4.78, 5) is 23.6. The Bertz CT molecular complexity index is 679. The number of carboxylic acids is 1. The van der Waals surface area contributed by atoms with Crippen LogP contribution in [0.25, 0.3) is 6.08 Å². The summed E-state index contributed by atoms with van der Waals surface area (Å²) in [5.41, 5.74) is 0.312. The highest BCUT2D eigenvalue weighted by Crippen LogP contribution is 2.22. The van der Waals surface area contributed by atoms with Crippen molar-refractivity contribution < 1.29 is 14.7 Å². The number of para-hydroxylation sites is 1. The number of carboxylic acid groups (broad SMARTS) is 1. The van der Waals surface area contributed by atoms with E-state index in [1.54, 1.807) is 30.3 Å². The molecular formula is C14H10ClNO3S. The summed E-state index contributed by atoms with van der Waals surface area (Å²) in [7, 11) is 0. The monoisotopic (exact) mass is 307 g/mol. The number of carbonyl (C=O) groups is 2. The molecule has 102 valence electrons. The number of aromatic carboxylic acids is 1. The van der Waals surface area contributed by atoms with Crippen molar-refractivity contribution in [3.05, 3.63) is 57.3 Å². The van der Waals surface area contributed by atoms with Gasteiger partial charge in [-0.25, -0.2) is 4.79 Å². The molecule has 0 spiro atoms. The molecule has 6 heteroatoms. The van der Waals surface area contributed by atoms with Gasteiger partial charge in [-0.1, -0.05) is 23.7 Å². The van der Waals surface area contributed by atoms with E-state index in [1.165, 1.54) is 29.5 Å². The van der Waals surface area contributed by atoms with E-state index < -0.39 is 11.9 Å². The smallest absolute Gasteiger partial charge is 0.337 e. The summed E-state index contributed by atoms with van der Waals surface area (Å²) in [6, 6.07) is 9.76. The maximum absolute atomic E-state index is 11.7. The number of anilines is 1. The first kappa shape index (κ1) is 14.3. The lowest BCUT2D eigenvalue weighted by Gasteiger charge is -2.05. The molecule has 1 amide bonds. The predicted octanol–water partition coefficient (Wildman–Crippen LogP) is 3.75. The Balaban J connectivity index is 2.09. The Kier molecular flexibility index (Phi) is 4.55. The van der Waals surface area contributed by atoms with Gasteiger partial charge in [-0.05, 0) is 30.3 Å². The molecule has 1 heterocycles. The highest BCUT2D eigenvalue weighted by atomic mass is 35.5. The van der Waals surface area contributed by atoms with Gasteiger partial charge in [-0.2, -0.15) is 0 Å². The zero-order chi connectivity index (χ0) is 14.5. The third kappa shape index (κ3) is 3.69. The number of carbonyl (C=O) groups excluding carboxylic acids is 1. The van der Waals surface area contributed by atoms with Gasteiger partial charge in [0, 0.05) is 11.0 Å². The van der Waals surface area contributed by atoms with Gasteiger partial charge in [0.05, 0.1) is 15.6 Å². The maximum atomic E-state index is 11.7. The Labute approximate surface area is 124 Å². The Morgan fingerprint density at radius 3 is 2.60 bits per heavy atom. The summed E-state index contributed by atoms with van der Waals surface area (Å²) in [6.45, 7) is 0. The summed E-state index contributed by atoms with van der Waals surface area (Å²) >= 11 is 7.13. The molecule has 1 aromatic carbocycles. The van der Waals surface area contributed by atoms with Gasteiger partial charge < -0.3 is 10.4 Å². The van der Waals surface area contributed by atoms with Crippen LogP contribution in [0.1, 0.15) is 15.2 Å². The number of nitrogens with one attached hydrogen (secondary N) is 1. The van der Waals surface area contributed by atoms with Crippen LogP contribution >= 0.6 is 22.9 Å². The van der Waals surface area contributed by atoms with E-state index >= 15 is 0 Å². The van der Waals surface area contributed by atoms with E-state index in [0.717, 1.165) is 4.88 Å². The Hall–Kier alpha value is -2.11. The minimum Gasteiger partial charge on any atom is -0.478 e. The molecule has 0 radical (unpaired) electrons. The molecule has 0 aliphatic rings. The lowest BCUT2D eigenvalue weighted by molar-refractivity contribution is -0.111. The zero-order valence-corrected chi connectivity index (χ0v) is 11.7. The summed E-state index contributed by atoms with van der Waals surface area (Å²) in [6.07, 6.45) is 2.95. The lowest BCUT2D eigenvalue weighted by Crippen LogP contribution is -2.11. The van der Waals surface area contributed by atoms with Crippen LogP contribution in [0.5, 0.6) is 0 Å². The van der Waals surface area contributed by atoms with Crippen molar-refractivity contribution in [2.45, 2.75) is 0 Å². The quantitative estimate of drug-likeness (QED) is 0.845. The van der Waals surface area contributed by atoms with Gasteiger partial charge >= 0.3 is 5.97 Å². The van der Waals surface area contributed by atoms with Crippen molar-refractivity contribution in [3.63, 3.8) is 0 Å². The van der Waals surface area contributed by atoms with Crippen LogP contribution in [0.15, 0.2) is 42.5 Å². The number of rotatable bonds is 4. The number of hydrogen-bond donors (Lipinski definition) is 2. The van der Waals surface area contributed by atoms with E-state index in [0.29, 0.717) is 4.34 Å². The molecule has 2 aromatic rings. The second kappa shape index (κ2) is 6.36. The highest BCUT2D eigenvalue weighted by molar-refractivity contribution is 7.17. The van der Waals surface area contributed by atoms with E-state index in [4.69, 9.17) is 16.7 Å². The van der Waals surface area contributed by atoms with Crippen LogP contribution in [0, 0.1) is 0 Å². The van der Waals surface area contributed by atoms with Crippen molar-refractivity contribution in [1.82, 2.24) is 0 Å². The molecule has 1 aromatic heterocycles. The minimum atomic E-state index is -1.09. The highest BCUT2D eigenvalue weighted by Gasteiger charge is 2.10. The lowest BCUT2D eigenvalue weighted by atomic mass is 10.2. The van der Waals surface area contributed by atoms with Crippen molar-refractivity contribution in [3.8, 4) is 0 Å². The van der Waals surface area contributed by atoms with Crippen LogP contribution in [-0.2, 0) is 4.79 Å². The molecule has 20 heavy (non-hydrogen) atoms. The van der Waals surface area contributed by atoms with Crippen molar-refractivity contribution in [1.29, 1.82) is 0 Å². The van der Waals surface area contributed by atoms with Crippen molar-refractivity contribution >= 4 is 46.6 Å². The Morgan fingerprint density at radius 1 is 1.20 bits per heavy atom. The summed E-state index contributed by atoms with van der Waals surface area (Å²) < 4.78 is 0.640. The van der Waals surface area contributed by atoms with Gasteiger partial charge in [0.15, 0.2) is 0 Å². The fourth-order valence-corrected chi connectivity index (χ4v) is 2.49. The van der Waals surface area contributed by atoms with Crippen molar-refractivity contribution in [2.24, 2.45) is 0 Å². The topological polar surface area (TPSA) is 66.4 Å². The van der Waals surface area contributed by atoms with Gasteiger partial charge in [-0.15, -0.1) is 11.3 Å². The number of halogens is 1. The van der Waals surface area contributed by atoms with E-state index in [1.807, 2.05) is 0 Å². The molecule has 0 saturated carbocycles. The third-order valence-corrected chi connectivity index (χ3v) is 3.60. The van der Waals surface area contributed by atoms with E-state index in [9.17, 15) is 9.59 Å². The molecule has 2 N–H and O–H groups in total. The van der Waals surface area contributed by atoms with E-state index in [2.05, 4.69) is 5.32 Å². The molecule has 0 saturated heterocycles. The molecule has 4 nitrogen and oxygen atoms in total. The number of benzene rings is 1. The standard InChI is InChI=1S/C14H10ClNO3S/c15-12-7-5-9(20-12)6-8-13(17)16-11-4-2-1-3-10(11)14(18)19/h1-8H,(H,16,17)(H,18,19)/b8-6+. The fraction of sp³-hybridized carbons (Fsp3) is 0. The first-order valence-electron chi connectivity index (χ1n) is 5.63. The normalized spacial score (nSPS) is 10.7. The first-order valence-corrected chi connectivity index (χ1v) is 6.82. The zero-order valence-electron chi connectivity index (χ0n) is 10.2. The van der Waals surface area contributed by atoms with Crippen LogP contribution in [0.3, 0.4) is 0 Å². The molecule has 0 aliphatic heterocycles. The van der Waals surface area contributed by atoms with Gasteiger partial charge in [0.2, 0.25) is 5.91 Å². The summed E-state index contributed by atoms with van der Waals surface area (Å²) in [5, 5.41) is 11.5. The van der Waals surface area contributed by atoms with Gasteiger partial charge in [0.1, 0.15) is 0 Å². The maximum Gasteiger partial charge on any atom is 0.337 e. The van der Waals surface area contributed by atoms with Gasteiger partial charge in [0.25, 0.3) is 0 Å². The number of hydrogen-bond acceptors (Lipinski definition) is 3. The minimum absolute atomic E-state index is 0.0495. The summed E-state index contributed by atoms with van der Waals surface area (Å²) in [5.74, 6) is -1.49. The molecule has 0 unspecified atom stereocenters. The van der Waals surface area contributed by atoms with Crippen LogP contribution in [0.2, 0.25) is 4.34 Å². The molecule has 0 aliphatic carbocycles. The molecule has 0 atom stereocenters.